The SMILES string of the molecule is COc1c(N)ncnc1NCCCCCCO. The van der Waals surface area contributed by atoms with Crippen LogP contribution in [0.15, 0.2) is 6.33 Å². The number of anilines is 2. The second-order valence-corrected chi connectivity index (χ2v) is 3.71. The lowest BCUT2D eigenvalue weighted by atomic mass is 10.2. The minimum Gasteiger partial charge on any atom is -0.490 e. The number of ether oxygens (including phenoxy) is 1. The average molecular weight is 240 g/mol. The van der Waals surface area contributed by atoms with Gasteiger partial charge in [-0.2, -0.15) is 0 Å². The van der Waals surface area contributed by atoms with Crippen molar-refractivity contribution in [3.8, 4) is 5.75 Å². The molecule has 0 aromatic carbocycles. The van der Waals surface area contributed by atoms with E-state index in [9.17, 15) is 0 Å². The minimum atomic E-state index is 0.268. The topological polar surface area (TPSA) is 93.3 Å². The molecule has 96 valence electrons. The maximum Gasteiger partial charge on any atom is 0.203 e. The highest BCUT2D eigenvalue weighted by Crippen LogP contribution is 2.25. The predicted octanol–water partition coefficient (Wildman–Crippen LogP) is 1.03. The Bertz CT molecular complexity index is 333. The van der Waals surface area contributed by atoms with Crippen LogP contribution in [0.1, 0.15) is 25.7 Å². The molecule has 1 heterocycles. The van der Waals surface area contributed by atoms with Gasteiger partial charge >= 0.3 is 0 Å². The number of hydrogen-bond donors (Lipinski definition) is 3. The fraction of sp³-hybridized carbons (Fsp3) is 0.636. The van der Waals surface area contributed by atoms with Crippen molar-refractivity contribution in [1.29, 1.82) is 0 Å². The molecule has 1 aromatic heterocycles. The van der Waals surface area contributed by atoms with Crippen molar-refractivity contribution in [2.45, 2.75) is 25.7 Å². The van der Waals surface area contributed by atoms with E-state index >= 15 is 0 Å². The van der Waals surface area contributed by atoms with Gasteiger partial charge in [0.15, 0.2) is 11.6 Å². The number of aliphatic hydroxyl groups is 1. The summed E-state index contributed by atoms with van der Waals surface area (Å²) in [4.78, 5) is 7.93. The van der Waals surface area contributed by atoms with Gasteiger partial charge in [-0.3, -0.25) is 0 Å². The molecule has 0 spiro atoms. The lowest BCUT2D eigenvalue weighted by Gasteiger charge is -2.10. The smallest absolute Gasteiger partial charge is 0.203 e. The van der Waals surface area contributed by atoms with Crippen LogP contribution >= 0.6 is 0 Å². The van der Waals surface area contributed by atoms with E-state index in [0.717, 1.165) is 32.2 Å². The Labute approximate surface area is 101 Å². The molecule has 6 heteroatoms. The van der Waals surface area contributed by atoms with E-state index in [1.807, 2.05) is 0 Å². The molecule has 0 saturated heterocycles. The Morgan fingerprint density at radius 1 is 1.29 bits per heavy atom. The molecule has 0 aliphatic rings. The maximum atomic E-state index is 8.64. The van der Waals surface area contributed by atoms with Gasteiger partial charge in [-0.05, 0) is 12.8 Å². The number of nitrogen functional groups attached to an aromatic ring is 1. The largest absolute Gasteiger partial charge is 0.490 e. The van der Waals surface area contributed by atoms with Crippen molar-refractivity contribution in [2.75, 3.05) is 31.3 Å². The van der Waals surface area contributed by atoms with E-state index in [2.05, 4.69) is 15.3 Å². The first-order chi connectivity index (χ1) is 8.29. The van der Waals surface area contributed by atoms with Crippen LogP contribution in [0, 0.1) is 0 Å². The van der Waals surface area contributed by atoms with Gasteiger partial charge in [-0.15, -0.1) is 0 Å². The summed E-state index contributed by atoms with van der Waals surface area (Å²) in [5, 5.41) is 11.8. The van der Waals surface area contributed by atoms with Crippen molar-refractivity contribution >= 4 is 11.6 Å². The van der Waals surface area contributed by atoms with E-state index in [1.165, 1.54) is 6.33 Å². The Balaban J connectivity index is 2.33. The highest BCUT2D eigenvalue weighted by atomic mass is 16.5. The fourth-order valence-corrected chi connectivity index (χ4v) is 1.51. The molecule has 0 unspecified atom stereocenters. The molecule has 0 aliphatic heterocycles. The van der Waals surface area contributed by atoms with E-state index in [1.54, 1.807) is 7.11 Å². The second-order valence-electron chi connectivity index (χ2n) is 3.71. The third-order valence-electron chi connectivity index (χ3n) is 2.41. The Kier molecular flexibility index (Phi) is 6.09. The van der Waals surface area contributed by atoms with Crippen LogP contribution < -0.4 is 15.8 Å². The normalized spacial score (nSPS) is 10.2. The zero-order valence-corrected chi connectivity index (χ0v) is 10.1. The summed E-state index contributed by atoms with van der Waals surface area (Å²) in [6.07, 6.45) is 5.42. The molecule has 17 heavy (non-hydrogen) atoms. The summed E-state index contributed by atoms with van der Waals surface area (Å²) in [5.74, 6) is 1.45. The highest BCUT2D eigenvalue weighted by Gasteiger charge is 2.08. The van der Waals surface area contributed by atoms with E-state index < -0.39 is 0 Å². The third-order valence-corrected chi connectivity index (χ3v) is 2.41. The van der Waals surface area contributed by atoms with Crippen molar-refractivity contribution in [1.82, 2.24) is 9.97 Å². The Morgan fingerprint density at radius 2 is 2.06 bits per heavy atom. The zero-order chi connectivity index (χ0) is 12.5. The first-order valence-electron chi connectivity index (χ1n) is 5.78. The number of aliphatic hydroxyl groups excluding tert-OH is 1. The number of nitrogens with one attached hydrogen (secondary N) is 1. The van der Waals surface area contributed by atoms with Crippen LogP contribution in [0.25, 0.3) is 0 Å². The van der Waals surface area contributed by atoms with Gasteiger partial charge in [-0.25, -0.2) is 9.97 Å². The molecule has 0 saturated carbocycles. The third kappa shape index (κ3) is 4.44. The highest BCUT2D eigenvalue weighted by molar-refractivity contribution is 5.61. The number of nitrogens with two attached hydrogens (primary N) is 1. The average Bonchev–Trinajstić information content (AvgIpc) is 2.34. The molecular weight excluding hydrogens is 220 g/mol. The Hall–Kier alpha value is -1.56. The van der Waals surface area contributed by atoms with Gasteiger partial charge in [0.05, 0.1) is 7.11 Å². The number of aromatic nitrogens is 2. The molecular formula is C11H20N4O2. The van der Waals surface area contributed by atoms with Crippen molar-refractivity contribution in [3.63, 3.8) is 0 Å². The van der Waals surface area contributed by atoms with E-state index in [0.29, 0.717) is 17.4 Å². The quantitative estimate of drug-likeness (QED) is 0.588. The van der Waals surface area contributed by atoms with Gasteiger partial charge < -0.3 is 20.9 Å². The molecule has 0 radical (unpaired) electrons. The minimum absolute atomic E-state index is 0.268. The fourth-order valence-electron chi connectivity index (χ4n) is 1.51. The van der Waals surface area contributed by atoms with Crippen LogP contribution in [0.4, 0.5) is 11.6 Å². The second kappa shape index (κ2) is 7.67. The standard InChI is InChI=1S/C11H20N4O2/c1-17-9-10(12)14-8-15-11(9)13-6-4-2-3-5-7-16/h8,16H,2-7H2,1H3,(H3,12,13,14,15). The summed E-state index contributed by atoms with van der Waals surface area (Å²) in [6, 6.07) is 0. The zero-order valence-electron chi connectivity index (χ0n) is 10.1. The van der Waals surface area contributed by atoms with Crippen LogP contribution in [0.5, 0.6) is 5.75 Å². The van der Waals surface area contributed by atoms with Crippen LogP contribution in [0.3, 0.4) is 0 Å². The molecule has 0 amide bonds. The van der Waals surface area contributed by atoms with Gasteiger partial charge in [0, 0.05) is 13.2 Å². The first-order valence-corrected chi connectivity index (χ1v) is 5.78. The Morgan fingerprint density at radius 3 is 2.76 bits per heavy atom. The molecule has 0 atom stereocenters. The van der Waals surface area contributed by atoms with Crippen molar-refractivity contribution < 1.29 is 9.84 Å². The van der Waals surface area contributed by atoms with Gasteiger partial charge in [0.1, 0.15) is 6.33 Å². The lowest BCUT2D eigenvalue weighted by molar-refractivity contribution is 0.283. The predicted molar refractivity (Wildman–Crippen MR) is 67.0 cm³/mol. The maximum absolute atomic E-state index is 8.64. The molecule has 1 aromatic rings. The lowest BCUT2D eigenvalue weighted by Crippen LogP contribution is -2.07. The summed E-state index contributed by atoms with van der Waals surface area (Å²) < 4.78 is 5.13. The van der Waals surface area contributed by atoms with Gasteiger partial charge in [0.25, 0.3) is 0 Å². The summed E-state index contributed by atoms with van der Waals surface area (Å²) >= 11 is 0. The summed E-state index contributed by atoms with van der Waals surface area (Å²) in [6.45, 7) is 1.07. The first kappa shape index (κ1) is 13.5. The molecule has 6 nitrogen and oxygen atoms in total. The van der Waals surface area contributed by atoms with Gasteiger partial charge in [-0.1, -0.05) is 12.8 Å². The van der Waals surface area contributed by atoms with E-state index in [4.69, 9.17) is 15.6 Å². The van der Waals surface area contributed by atoms with Crippen LogP contribution in [0.2, 0.25) is 0 Å². The molecule has 1 rings (SSSR count). The number of nitrogens with zero attached hydrogens (tertiary/aromatic N) is 2. The molecule has 4 N–H and O–H groups in total. The molecule has 0 fully saturated rings. The number of unbranched alkanes of at least 4 members (excludes halogenated alkanes) is 3. The van der Waals surface area contributed by atoms with E-state index in [-0.39, 0.29) is 6.61 Å². The van der Waals surface area contributed by atoms with Gasteiger partial charge in [0.2, 0.25) is 5.75 Å². The van der Waals surface area contributed by atoms with Crippen LogP contribution in [-0.2, 0) is 0 Å². The van der Waals surface area contributed by atoms with Crippen molar-refractivity contribution in [2.24, 2.45) is 0 Å². The van der Waals surface area contributed by atoms with Crippen LogP contribution in [-0.4, -0.2) is 35.3 Å². The monoisotopic (exact) mass is 240 g/mol. The molecule has 0 bridgehead atoms. The number of rotatable bonds is 8. The summed E-state index contributed by atoms with van der Waals surface area (Å²) in [5.41, 5.74) is 5.66. The summed E-state index contributed by atoms with van der Waals surface area (Å²) in [7, 11) is 1.54. The number of hydrogen-bond acceptors (Lipinski definition) is 6. The molecule has 0 aliphatic carbocycles. The van der Waals surface area contributed by atoms with Crippen molar-refractivity contribution in [3.05, 3.63) is 6.33 Å². The number of methoxy groups -OCH3 is 1.